The first-order chi connectivity index (χ1) is 9.17. The monoisotopic (exact) mass is 266 g/mol. The molecule has 3 heteroatoms. The second-order valence-electron chi connectivity index (χ2n) is 6.70. The molecule has 2 amide bonds. The van der Waals surface area contributed by atoms with Crippen molar-refractivity contribution in [2.45, 2.75) is 83.7 Å². The second-order valence-corrected chi connectivity index (χ2v) is 6.70. The molecule has 0 aliphatic heterocycles. The SMILES string of the molecule is CCC1CCC(NC(=O)NC2CCC(C)CC2)CC1. The predicted octanol–water partition coefficient (Wildman–Crippen LogP) is 3.83. The first-order valence-electron chi connectivity index (χ1n) is 8.24. The highest BCUT2D eigenvalue weighted by molar-refractivity contribution is 5.74. The molecule has 110 valence electrons. The number of hydrogen-bond donors (Lipinski definition) is 2. The molecule has 0 bridgehead atoms. The van der Waals surface area contributed by atoms with Gasteiger partial charge in [0.25, 0.3) is 0 Å². The van der Waals surface area contributed by atoms with Gasteiger partial charge in [-0.25, -0.2) is 4.79 Å². The van der Waals surface area contributed by atoms with Crippen LogP contribution in [0.25, 0.3) is 0 Å². The molecule has 2 saturated carbocycles. The number of rotatable bonds is 3. The van der Waals surface area contributed by atoms with E-state index < -0.39 is 0 Å². The summed E-state index contributed by atoms with van der Waals surface area (Å²) >= 11 is 0. The lowest BCUT2D eigenvalue weighted by Gasteiger charge is -2.30. The van der Waals surface area contributed by atoms with E-state index in [2.05, 4.69) is 24.5 Å². The van der Waals surface area contributed by atoms with Gasteiger partial charge in [-0.3, -0.25) is 0 Å². The van der Waals surface area contributed by atoms with Gasteiger partial charge in [-0.2, -0.15) is 0 Å². The third-order valence-electron chi connectivity index (χ3n) is 5.11. The van der Waals surface area contributed by atoms with E-state index in [0.29, 0.717) is 12.1 Å². The minimum atomic E-state index is 0.0690. The second kappa shape index (κ2) is 7.16. The average molecular weight is 266 g/mol. The standard InChI is InChI=1S/C16H30N2O/c1-3-13-6-10-15(11-7-13)18-16(19)17-14-8-4-12(2)5-9-14/h12-15H,3-11H2,1-2H3,(H2,17,18,19). The van der Waals surface area contributed by atoms with Gasteiger partial charge in [-0.05, 0) is 63.2 Å². The van der Waals surface area contributed by atoms with E-state index in [-0.39, 0.29) is 6.03 Å². The van der Waals surface area contributed by atoms with Gasteiger partial charge in [0.15, 0.2) is 0 Å². The highest BCUT2D eigenvalue weighted by Gasteiger charge is 2.23. The Kier molecular flexibility index (Phi) is 5.53. The van der Waals surface area contributed by atoms with Crippen LogP contribution in [0.2, 0.25) is 0 Å². The summed E-state index contributed by atoms with van der Waals surface area (Å²) in [6, 6.07) is 0.882. The highest BCUT2D eigenvalue weighted by Crippen LogP contribution is 2.26. The third kappa shape index (κ3) is 4.70. The summed E-state index contributed by atoms with van der Waals surface area (Å²) in [6.45, 7) is 4.58. The molecule has 2 fully saturated rings. The van der Waals surface area contributed by atoms with Crippen molar-refractivity contribution in [3.05, 3.63) is 0 Å². The van der Waals surface area contributed by atoms with Gasteiger partial charge in [0.05, 0.1) is 0 Å². The maximum atomic E-state index is 12.0. The number of urea groups is 1. The van der Waals surface area contributed by atoms with Crippen molar-refractivity contribution in [2.24, 2.45) is 11.8 Å². The molecule has 2 aliphatic rings. The van der Waals surface area contributed by atoms with Gasteiger partial charge >= 0.3 is 6.03 Å². The van der Waals surface area contributed by atoms with Crippen LogP contribution >= 0.6 is 0 Å². The van der Waals surface area contributed by atoms with Crippen LogP contribution in [-0.4, -0.2) is 18.1 Å². The minimum Gasteiger partial charge on any atom is -0.335 e. The Morgan fingerprint density at radius 2 is 1.37 bits per heavy atom. The zero-order chi connectivity index (χ0) is 13.7. The number of carbonyl (C=O) groups is 1. The molecule has 3 nitrogen and oxygen atoms in total. The number of amides is 2. The Labute approximate surface area is 117 Å². The van der Waals surface area contributed by atoms with Gasteiger partial charge in [0.1, 0.15) is 0 Å². The minimum absolute atomic E-state index is 0.0690. The maximum absolute atomic E-state index is 12.0. The normalized spacial score (nSPS) is 35.7. The van der Waals surface area contributed by atoms with Gasteiger partial charge < -0.3 is 10.6 Å². The van der Waals surface area contributed by atoms with Gasteiger partial charge in [-0.1, -0.05) is 20.3 Å². The first-order valence-corrected chi connectivity index (χ1v) is 8.24. The molecule has 0 unspecified atom stereocenters. The Balaban J connectivity index is 1.64. The predicted molar refractivity (Wildman–Crippen MR) is 79.1 cm³/mol. The number of nitrogens with one attached hydrogen (secondary N) is 2. The van der Waals surface area contributed by atoms with Crippen LogP contribution in [0.5, 0.6) is 0 Å². The topological polar surface area (TPSA) is 41.1 Å². The molecule has 0 heterocycles. The Morgan fingerprint density at radius 3 is 1.84 bits per heavy atom. The summed E-state index contributed by atoms with van der Waals surface area (Å²) in [5.41, 5.74) is 0. The van der Waals surface area contributed by atoms with Crippen LogP contribution < -0.4 is 10.6 Å². The van der Waals surface area contributed by atoms with E-state index in [1.54, 1.807) is 0 Å². The summed E-state index contributed by atoms with van der Waals surface area (Å²) in [5, 5.41) is 6.33. The summed E-state index contributed by atoms with van der Waals surface area (Å²) in [4.78, 5) is 12.0. The number of carbonyl (C=O) groups excluding carboxylic acids is 1. The van der Waals surface area contributed by atoms with Crippen LogP contribution in [0.1, 0.15) is 71.6 Å². The molecule has 2 aliphatic carbocycles. The summed E-state index contributed by atoms with van der Waals surface area (Å²) in [6.07, 6.45) is 11.0. The highest BCUT2D eigenvalue weighted by atomic mass is 16.2. The van der Waals surface area contributed by atoms with Crippen molar-refractivity contribution in [1.29, 1.82) is 0 Å². The van der Waals surface area contributed by atoms with E-state index >= 15 is 0 Å². The van der Waals surface area contributed by atoms with Crippen molar-refractivity contribution >= 4 is 6.03 Å². The Hall–Kier alpha value is -0.730. The zero-order valence-corrected chi connectivity index (χ0v) is 12.6. The molecule has 0 spiro atoms. The molecule has 0 aromatic rings. The van der Waals surface area contributed by atoms with Crippen molar-refractivity contribution in [3.8, 4) is 0 Å². The summed E-state index contributed by atoms with van der Waals surface area (Å²) < 4.78 is 0. The lowest BCUT2D eigenvalue weighted by atomic mass is 9.84. The molecular weight excluding hydrogens is 236 g/mol. The largest absolute Gasteiger partial charge is 0.335 e. The van der Waals surface area contributed by atoms with E-state index in [1.165, 1.54) is 32.1 Å². The lowest BCUT2D eigenvalue weighted by molar-refractivity contribution is 0.216. The molecule has 2 N–H and O–H groups in total. The van der Waals surface area contributed by atoms with Crippen molar-refractivity contribution in [2.75, 3.05) is 0 Å². The van der Waals surface area contributed by atoms with Crippen LogP contribution in [0.3, 0.4) is 0 Å². The van der Waals surface area contributed by atoms with Crippen molar-refractivity contribution in [3.63, 3.8) is 0 Å². The van der Waals surface area contributed by atoms with E-state index in [0.717, 1.165) is 37.5 Å². The summed E-state index contributed by atoms with van der Waals surface area (Å²) in [7, 11) is 0. The van der Waals surface area contributed by atoms with Gasteiger partial charge in [0.2, 0.25) is 0 Å². The van der Waals surface area contributed by atoms with Crippen molar-refractivity contribution in [1.82, 2.24) is 10.6 Å². The van der Waals surface area contributed by atoms with Gasteiger partial charge in [0, 0.05) is 12.1 Å². The molecule has 0 radical (unpaired) electrons. The molecular formula is C16H30N2O. The van der Waals surface area contributed by atoms with Crippen LogP contribution in [0.15, 0.2) is 0 Å². The molecule has 0 saturated heterocycles. The van der Waals surface area contributed by atoms with Crippen LogP contribution in [-0.2, 0) is 0 Å². The molecule has 0 atom stereocenters. The van der Waals surface area contributed by atoms with Crippen LogP contribution in [0.4, 0.5) is 4.79 Å². The number of hydrogen-bond acceptors (Lipinski definition) is 1. The molecule has 0 aromatic carbocycles. The molecule has 0 aromatic heterocycles. The summed E-state index contributed by atoms with van der Waals surface area (Å²) in [5.74, 6) is 1.73. The Morgan fingerprint density at radius 1 is 0.895 bits per heavy atom. The zero-order valence-electron chi connectivity index (χ0n) is 12.6. The van der Waals surface area contributed by atoms with E-state index in [1.807, 2.05) is 0 Å². The van der Waals surface area contributed by atoms with E-state index in [4.69, 9.17) is 0 Å². The lowest BCUT2D eigenvalue weighted by Crippen LogP contribution is -2.48. The molecule has 2 rings (SSSR count). The fourth-order valence-corrected chi connectivity index (χ4v) is 3.53. The fraction of sp³-hybridized carbons (Fsp3) is 0.938. The average Bonchev–Trinajstić information content (AvgIpc) is 2.42. The smallest absolute Gasteiger partial charge is 0.315 e. The van der Waals surface area contributed by atoms with Gasteiger partial charge in [-0.15, -0.1) is 0 Å². The quantitative estimate of drug-likeness (QED) is 0.801. The first kappa shape index (κ1) is 14.7. The molecule has 19 heavy (non-hydrogen) atoms. The van der Waals surface area contributed by atoms with Crippen molar-refractivity contribution < 1.29 is 4.79 Å². The Bertz CT molecular complexity index is 276. The third-order valence-corrected chi connectivity index (χ3v) is 5.11. The van der Waals surface area contributed by atoms with E-state index in [9.17, 15) is 4.79 Å². The maximum Gasteiger partial charge on any atom is 0.315 e. The fourth-order valence-electron chi connectivity index (χ4n) is 3.53. The van der Waals surface area contributed by atoms with Crippen LogP contribution in [0, 0.1) is 11.8 Å².